The number of nitrogens with two attached hydrogens (primary N) is 3. The van der Waals surface area contributed by atoms with E-state index in [4.69, 9.17) is 17.3 Å². The third-order valence-corrected chi connectivity index (χ3v) is 4.09. The smallest absolute Gasteiger partial charge is 0.223 e. The Bertz CT molecular complexity index is 688. The first-order valence-corrected chi connectivity index (χ1v) is 8.13. The quantitative estimate of drug-likeness (QED) is 0.424. The van der Waals surface area contributed by atoms with Crippen molar-refractivity contribution in [1.82, 2.24) is 15.0 Å². The molecule has 0 spiro atoms. The monoisotopic (exact) mass is 381 g/mol. The van der Waals surface area contributed by atoms with Crippen LogP contribution in [0.25, 0.3) is 0 Å². The van der Waals surface area contributed by atoms with Crippen LogP contribution in [-0.2, 0) is 6.54 Å². The number of hydrogen-bond acceptors (Lipinski definition) is 7. The van der Waals surface area contributed by atoms with Crippen molar-refractivity contribution in [3.8, 4) is 0 Å². The molecule has 0 atom stereocenters. The number of nitrogens with zero attached hydrogens (tertiary/aromatic N) is 4. The molecule has 0 unspecified atom stereocenters. The van der Waals surface area contributed by atoms with Gasteiger partial charge in [-0.15, -0.1) is 0 Å². The summed E-state index contributed by atoms with van der Waals surface area (Å²) in [5.74, 6) is 6.54. The van der Waals surface area contributed by atoms with E-state index in [0.717, 1.165) is 16.8 Å². The number of aryl methyl sites for hydroxylation is 1. The minimum Gasteiger partial charge on any atom is -0.393 e. The lowest BCUT2D eigenvalue weighted by Gasteiger charge is -2.21. The Morgan fingerprint density at radius 3 is 2.30 bits per heavy atom. The maximum atomic E-state index is 6.07. The van der Waals surface area contributed by atoms with Crippen LogP contribution in [0.15, 0.2) is 10.8 Å². The number of nitrogen functional groups attached to an aromatic ring is 2. The fourth-order valence-electron chi connectivity index (χ4n) is 1.94. The highest BCUT2D eigenvalue weighted by atomic mass is 79.9. The minimum atomic E-state index is 0.103. The normalized spacial score (nSPS) is 10.0. The van der Waals surface area contributed by atoms with Crippen LogP contribution in [-0.4, -0.2) is 15.0 Å². The molecule has 126 valence electrons. The molecule has 0 saturated heterocycles. The molecule has 0 radical (unpaired) electrons. The first-order chi connectivity index (χ1) is 10.8. The topological polar surface area (TPSA) is 120 Å². The maximum absolute atomic E-state index is 6.07. The molecule has 0 fully saturated rings. The van der Waals surface area contributed by atoms with Gasteiger partial charge in [0.25, 0.3) is 0 Å². The van der Waals surface area contributed by atoms with Crippen molar-refractivity contribution >= 4 is 33.4 Å². The zero-order chi connectivity index (χ0) is 17.7. The fourth-order valence-corrected chi connectivity index (χ4v) is 2.30. The zero-order valence-electron chi connectivity index (χ0n) is 14.2. The Morgan fingerprint density at radius 2 is 1.70 bits per heavy atom. The van der Waals surface area contributed by atoms with Gasteiger partial charge in [-0.3, -0.25) is 9.99 Å². The molecule has 8 heteroatoms. The second-order valence-electron chi connectivity index (χ2n) is 4.88. The van der Waals surface area contributed by atoms with E-state index in [-0.39, 0.29) is 5.95 Å². The van der Waals surface area contributed by atoms with Gasteiger partial charge in [0.2, 0.25) is 5.95 Å². The van der Waals surface area contributed by atoms with E-state index in [1.807, 2.05) is 33.9 Å². The second kappa shape index (κ2) is 8.07. The summed E-state index contributed by atoms with van der Waals surface area (Å²) in [5.41, 5.74) is 16.2. The van der Waals surface area contributed by atoms with Gasteiger partial charge < -0.3 is 11.5 Å². The second-order valence-corrected chi connectivity index (χ2v) is 5.63. The van der Waals surface area contributed by atoms with E-state index in [0.29, 0.717) is 22.7 Å². The van der Waals surface area contributed by atoms with Gasteiger partial charge in [0.15, 0.2) is 5.82 Å². The third-order valence-electron chi connectivity index (χ3n) is 3.49. The Labute approximate surface area is 145 Å². The minimum absolute atomic E-state index is 0.103. The first kappa shape index (κ1) is 19.1. The molecule has 6 N–H and O–H groups in total. The zero-order valence-corrected chi connectivity index (χ0v) is 15.8. The molecule has 0 aromatic carbocycles. The molecular weight excluding hydrogens is 358 g/mol. The average Bonchev–Trinajstić information content (AvgIpc) is 2.53. The third kappa shape index (κ3) is 4.29. The van der Waals surface area contributed by atoms with Crippen LogP contribution in [0.2, 0.25) is 0 Å². The predicted molar refractivity (Wildman–Crippen MR) is 98.7 cm³/mol. The highest BCUT2D eigenvalue weighted by Gasteiger charge is 2.16. The number of rotatable bonds is 3. The molecule has 2 aromatic heterocycles. The van der Waals surface area contributed by atoms with Crippen molar-refractivity contribution in [2.45, 2.75) is 41.2 Å². The molecule has 0 aliphatic rings. The molecule has 2 aromatic rings. The van der Waals surface area contributed by atoms with E-state index in [9.17, 15) is 0 Å². The number of hydrogen-bond donors (Lipinski definition) is 3. The van der Waals surface area contributed by atoms with E-state index in [1.54, 1.807) is 0 Å². The lowest BCUT2D eigenvalue weighted by molar-refractivity contribution is 0.798. The average molecular weight is 382 g/mol. The van der Waals surface area contributed by atoms with Gasteiger partial charge in [-0.2, -0.15) is 4.98 Å². The maximum Gasteiger partial charge on any atom is 0.223 e. The number of anilines is 3. The molecular formula is C15H24BrN7. The first-order valence-electron chi connectivity index (χ1n) is 7.33. The highest BCUT2D eigenvalue weighted by Crippen LogP contribution is 2.27. The van der Waals surface area contributed by atoms with Gasteiger partial charge in [-0.1, -0.05) is 13.8 Å². The lowest BCUT2D eigenvalue weighted by atomic mass is 10.0. The standard InChI is InChI=1S/C13H18BrN7.C2H6/c1-6-4-18-9(8(3)7(6)2)5-21(17)12-10(15)11(14)19-13(16)20-12;1-2/h4H,5,15,17H2,1-3H3,(H2,16,19,20);1-2H3. The molecule has 0 bridgehead atoms. The van der Waals surface area contributed by atoms with Crippen molar-refractivity contribution < 1.29 is 0 Å². The van der Waals surface area contributed by atoms with Crippen LogP contribution in [0, 0.1) is 20.8 Å². The number of aromatic nitrogens is 3. The highest BCUT2D eigenvalue weighted by molar-refractivity contribution is 9.10. The lowest BCUT2D eigenvalue weighted by Crippen LogP contribution is -2.33. The Hall–Kier alpha value is -1.93. The van der Waals surface area contributed by atoms with Crippen molar-refractivity contribution in [1.29, 1.82) is 0 Å². The van der Waals surface area contributed by atoms with Gasteiger partial charge in [0.1, 0.15) is 10.3 Å². The van der Waals surface area contributed by atoms with Gasteiger partial charge in [0, 0.05) is 6.20 Å². The van der Waals surface area contributed by atoms with Crippen LogP contribution < -0.4 is 22.3 Å². The summed E-state index contributed by atoms with van der Waals surface area (Å²) in [6.07, 6.45) is 1.83. The van der Waals surface area contributed by atoms with E-state index < -0.39 is 0 Å². The summed E-state index contributed by atoms with van der Waals surface area (Å²) >= 11 is 3.23. The molecule has 0 amide bonds. The van der Waals surface area contributed by atoms with Crippen LogP contribution in [0.4, 0.5) is 17.5 Å². The summed E-state index contributed by atoms with van der Waals surface area (Å²) in [5, 5.41) is 1.42. The molecule has 0 aliphatic carbocycles. The van der Waals surface area contributed by atoms with Crippen molar-refractivity contribution in [3.05, 3.63) is 33.2 Å². The summed E-state index contributed by atoms with van der Waals surface area (Å²) in [7, 11) is 0. The fraction of sp³-hybridized carbons (Fsp3) is 0.400. The molecule has 7 nitrogen and oxygen atoms in total. The summed E-state index contributed by atoms with van der Waals surface area (Å²) in [6.45, 7) is 10.5. The summed E-state index contributed by atoms with van der Waals surface area (Å²) in [4.78, 5) is 12.4. The van der Waals surface area contributed by atoms with E-state index in [2.05, 4.69) is 37.8 Å². The van der Waals surface area contributed by atoms with Gasteiger partial charge in [-0.05, 0) is 53.4 Å². The molecule has 0 saturated carbocycles. The van der Waals surface area contributed by atoms with Crippen LogP contribution >= 0.6 is 15.9 Å². The Morgan fingerprint density at radius 1 is 1.09 bits per heavy atom. The van der Waals surface area contributed by atoms with Gasteiger partial charge in [-0.25, -0.2) is 10.8 Å². The predicted octanol–water partition coefficient (Wildman–Crippen LogP) is 2.63. The molecule has 2 heterocycles. The number of halogens is 1. The molecule has 2 rings (SSSR count). The van der Waals surface area contributed by atoms with Crippen molar-refractivity contribution in [2.75, 3.05) is 16.5 Å². The summed E-state index contributed by atoms with van der Waals surface area (Å²) in [6, 6.07) is 0. The molecule has 0 aliphatic heterocycles. The van der Waals surface area contributed by atoms with Crippen molar-refractivity contribution in [2.24, 2.45) is 5.84 Å². The SMILES string of the molecule is CC.Cc1cnc(CN(N)c2nc(N)nc(Br)c2N)c(C)c1C. The Balaban J connectivity index is 0.00000127. The largest absolute Gasteiger partial charge is 0.393 e. The molecule has 23 heavy (non-hydrogen) atoms. The van der Waals surface area contributed by atoms with Crippen molar-refractivity contribution in [3.63, 3.8) is 0 Å². The van der Waals surface area contributed by atoms with E-state index in [1.165, 1.54) is 10.6 Å². The van der Waals surface area contributed by atoms with Crippen LogP contribution in [0.5, 0.6) is 0 Å². The Kier molecular flexibility index (Phi) is 6.71. The van der Waals surface area contributed by atoms with Gasteiger partial charge >= 0.3 is 0 Å². The van der Waals surface area contributed by atoms with Crippen LogP contribution in [0.3, 0.4) is 0 Å². The van der Waals surface area contributed by atoms with Gasteiger partial charge in [0.05, 0.1) is 12.2 Å². The van der Waals surface area contributed by atoms with E-state index >= 15 is 0 Å². The number of pyridine rings is 1. The number of hydrazine groups is 1. The van der Waals surface area contributed by atoms with Crippen LogP contribution in [0.1, 0.15) is 36.2 Å². The summed E-state index contributed by atoms with van der Waals surface area (Å²) < 4.78 is 0.421.